The van der Waals surface area contributed by atoms with Gasteiger partial charge in [0, 0.05) is 0 Å². The molecule has 21 heavy (non-hydrogen) atoms. The van der Waals surface area contributed by atoms with Crippen LogP contribution in [0.15, 0.2) is 36.9 Å². The number of ether oxygens (including phenoxy) is 1. The van der Waals surface area contributed by atoms with Crippen molar-refractivity contribution < 1.29 is 14.3 Å². The molecule has 0 saturated heterocycles. The average molecular weight is 288 g/mol. The van der Waals surface area contributed by atoms with E-state index in [4.69, 9.17) is 10.5 Å². The molecule has 0 radical (unpaired) electrons. The minimum atomic E-state index is -0.621. The van der Waals surface area contributed by atoms with E-state index in [1.807, 2.05) is 12.1 Å². The molecule has 0 aromatic heterocycles. The van der Waals surface area contributed by atoms with Crippen LogP contribution >= 0.6 is 0 Å². The van der Waals surface area contributed by atoms with Crippen LogP contribution in [0.4, 0.5) is 0 Å². The summed E-state index contributed by atoms with van der Waals surface area (Å²) in [5, 5.41) is 2.52. The van der Waals surface area contributed by atoms with E-state index in [-0.39, 0.29) is 25.0 Å². The van der Waals surface area contributed by atoms with Crippen molar-refractivity contribution in [3.8, 4) is 0 Å². The number of nitrogens with one attached hydrogen (secondary N) is 1. The van der Waals surface area contributed by atoms with Gasteiger partial charge in [0.05, 0.1) is 6.04 Å². The molecule has 0 fully saturated rings. The Labute approximate surface area is 124 Å². The predicted octanol–water partition coefficient (Wildman–Crippen LogP) is 0.574. The van der Waals surface area contributed by atoms with Crippen LogP contribution in [0.25, 0.3) is 0 Å². The molecule has 1 aromatic rings. The quantitative estimate of drug-likeness (QED) is 0.592. The maximum absolute atomic E-state index is 12.0. The van der Waals surface area contributed by atoms with E-state index >= 15 is 0 Å². The molecule has 1 amide bonds. The lowest BCUT2D eigenvalue weighted by atomic mass is 9.96. The zero-order chi connectivity index (χ0) is 15.2. The largest absolute Gasteiger partial charge is 0.460 e. The van der Waals surface area contributed by atoms with Gasteiger partial charge in [-0.05, 0) is 29.9 Å². The molecule has 1 aliphatic rings. The number of hydrogen-bond donors (Lipinski definition) is 2. The molecule has 5 nitrogen and oxygen atoms in total. The summed E-state index contributed by atoms with van der Waals surface area (Å²) in [6.45, 7) is 3.41. The zero-order valence-corrected chi connectivity index (χ0v) is 11.9. The first-order valence-corrected chi connectivity index (χ1v) is 6.98. The molecular weight excluding hydrogens is 268 g/mol. The van der Waals surface area contributed by atoms with Crippen molar-refractivity contribution in [2.24, 2.45) is 11.7 Å². The monoisotopic (exact) mass is 288 g/mol. The van der Waals surface area contributed by atoms with Crippen molar-refractivity contribution >= 4 is 11.9 Å². The number of benzene rings is 1. The third kappa shape index (κ3) is 3.92. The van der Waals surface area contributed by atoms with Crippen LogP contribution in [0.3, 0.4) is 0 Å². The number of carbonyl (C=O) groups is 2. The SMILES string of the molecule is C=CCOC(=O)CNC(=O)[C@@H](N)C1Cc2ccccc2C1. The van der Waals surface area contributed by atoms with Gasteiger partial charge in [-0.25, -0.2) is 0 Å². The van der Waals surface area contributed by atoms with Gasteiger partial charge in [-0.2, -0.15) is 0 Å². The Morgan fingerprint density at radius 2 is 2.00 bits per heavy atom. The summed E-state index contributed by atoms with van der Waals surface area (Å²) in [6.07, 6.45) is 3.07. The third-order valence-corrected chi connectivity index (χ3v) is 3.66. The molecule has 0 aliphatic heterocycles. The molecule has 1 aromatic carbocycles. The second-order valence-corrected chi connectivity index (χ2v) is 5.15. The van der Waals surface area contributed by atoms with Gasteiger partial charge in [-0.15, -0.1) is 0 Å². The topological polar surface area (TPSA) is 81.4 Å². The van der Waals surface area contributed by atoms with Gasteiger partial charge < -0.3 is 15.8 Å². The molecule has 0 unspecified atom stereocenters. The second-order valence-electron chi connectivity index (χ2n) is 5.15. The molecule has 112 valence electrons. The van der Waals surface area contributed by atoms with Crippen LogP contribution in [0.5, 0.6) is 0 Å². The van der Waals surface area contributed by atoms with Crippen LogP contribution in [-0.4, -0.2) is 31.1 Å². The molecular formula is C16H20N2O3. The van der Waals surface area contributed by atoms with E-state index in [0.29, 0.717) is 0 Å². The van der Waals surface area contributed by atoms with E-state index < -0.39 is 12.0 Å². The summed E-state index contributed by atoms with van der Waals surface area (Å²) in [6, 6.07) is 7.48. The molecule has 0 bridgehead atoms. The lowest BCUT2D eigenvalue weighted by Gasteiger charge is -2.18. The first-order valence-electron chi connectivity index (χ1n) is 6.98. The normalized spacial score (nSPS) is 15.1. The number of rotatable bonds is 6. The number of hydrogen-bond acceptors (Lipinski definition) is 4. The van der Waals surface area contributed by atoms with Gasteiger partial charge >= 0.3 is 5.97 Å². The summed E-state index contributed by atoms with van der Waals surface area (Å²) >= 11 is 0. The van der Waals surface area contributed by atoms with Gasteiger partial charge in [0.1, 0.15) is 13.2 Å². The maximum atomic E-state index is 12.0. The van der Waals surface area contributed by atoms with Crippen molar-refractivity contribution in [1.29, 1.82) is 0 Å². The highest BCUT2D eigenvalue weighted by atomic mass is 16.5. The Kier molecular flexibility index (Phi) is 5.11. The van der Waals surface area contributed by atoms with Crippen molar-refractivity contribution in [2.75, 3.05) is 13.2 Å². The summed E-state index contributed by atoms with van der Waals surface area (Å²) in [7, 11) is 0. The van der Waals surface area contributed by atoms with Gasteiger partial charge in [-0.1, -0.05) is 36.9 Å². The highest BCUT2D eigenvalue weighted by molar-refractivity contribution is 5.85. The van der Waals surface area contributed by atoms with Crippen LogP contribution in [0.2, 0.25) is 0 Å². The maximum Gasteiger partial charge on any atom is 0.325 e. The lowest BCUT2D eigenvalue weighted by Crippen LogP contribution is -2.47. The van der Waals surface area contributed by atoms with Crippen molar-refractivity contribution in [3.63, 3.8) is 0 Å². The van der Waals surface area contributed by atoms with E-state index in [1.165, 1.54) is 17.2 Å². The van der Waals surface area contributed by atoms with E-state index in [0.717, 1.165) is 12.8 Å². The number of carbonyl (C=O) groups excluding carboxylic acids is 2. The Morgan fingerprint density at radius 1 is 1.38 bits per heavy atom. The van der Waals surface area contributed by atoms with Gasteiger partial charge in [0.15, 0.2) is 0 Å². The number of amides is 1. The second kappa shape index (κ2) is 7.04. The molecule has 1 atom stereocenters. The standard InChI is InChI=1S/C16H20N2O3/c1-2-7-21-14(19)10-18-16(20)15(17)13-8-11-5-3-4-6-12(11)9-13/h2-6,13,15H,1,7-10,17H2,(H,18,20)/t15-/m0/s1. The molecule has 1 aliphatic carbocycles. The van der Waals surface area contributed by atoms with E-state index in [9.17, 15) is 9.59 Å². The van der Waals surface area contributed by atoms with Crippen molar-refractivity contribution in [3.05, 3.63) is 48.0 Å². The first-order chi connectivity index (χ1) is 10.1. The van der Waals surface area contributed by atoms with Gasteiger partial charge in [0.2, 0.25) is 5.91 Å². The van der Waals surface area contributed by atoms with Crippen LogP contribution < -0.4 is 11.1 Å². The zero-order valence-electron chi connectivity index (χ0n) is 11.9. The smallest absolute Gasteiger partial charge is 0.325 e. The fraction of sp³-hybridized carbons (Fsp3) is 0.375. The third-order valence-electron chi connectivity index (χ3n) is 3.66. The van der Waals surface area contributed by atoms with Crippen LogP contribution in [-0.2, 0) is 27.2 Å². The highest BCUT2D eigenvalue weighted by Crippen LogP contribution is 2.28. The summed E-state index contributed by atoms with van der Waals surface area (Å²) in [5.74, 6) is -0.736. The minimum Gasteiger partial charge on any atom is -0.460 e. The number of fused-ring (bicyclic) bond motifs is 1. The number of esters is 1. The fourth-order valence-electron chi connectivity index (χ4n) is 2.54. The van der Waals surface area contributed by atoms with Crippen LogP contribution in [0.1, 0.15) is 11.1 Å². The predicted molar refractivity (Wildman–Crippen MR) is 79.5 cm³/mol. The van der Waals surface area contributed by atoms with Crippen molar-refractivity contribution in [2.45, 2.75) is 18.9 Å². The Balaban J connectivity index is 1.81. The van der Waals surface area contributed by atoms with E-state index in [1.54, 1.807) is 0 Å². The lowest BCUT2D eigenvalue weighted by molar-refractivity contribution is -0.143. The van der Waals surface area contributed by atoms with Gasteiger partial charge in [0.25, 0.3) is 0 Å². The molecule has 2 rings (SSSR count). The average Bonchev–Trinajstić information content (AvgIpc) is 2.93. The molecule has 0 heterocycles. The molecule has 0 spiro atoms. The Bertz CT molecular complexity index is 517. The highest BCUT2D eigenvalue weighted by Gasteiger charge is 2.30. The molecule has 0 saturated carbocycles. The Morgan fingerprint density at radius 3 is 2.57 bits per heavy atom. The van der Waals surface area contributed by atoms with Crippen molar-refractivity contribution in [1.82, 2.24) is 5.32 Å². The number of nitrogens with two attached hydrogens (primary N) is 1. The summed E-state index contributed by atoms with van der Waals surface area (Å²) in [5.41, 5.74) is 8.50. The first kappa shape index (κ1) is 15.3. The van der Waals surface area contributed by atoms with Crippen LogP contribution in [0, 0.1) is 5.92 Å². The summed E-state index contributed by atoms with van der Waals surface area (Å²) < 4.78 is 4.78. The van der Waals surface area contributed by atoms with Gasteiger partial charge in [-0.3, -0.25) is 9.59 Å². The fourth-order valence-corrected chi connectivity index (χ4v) is 2.54. The summed E-state index contributed by atoms with van der Waals surface area (Å²) in [4.78, 5) is 23.3. The Hall–Kier alpha value is -2.14. The molecule has 3 N–H and O–H groups in total. The van der Waals surface area contributed by atoms with E-state index in [2.05, 4.69) is 24.0 Å². The molecule has 5 heteroatoms. The minimum absolute atomic E-state index is 0.0756.